The van der Waals surface area contributed by atoms with Crippen LogP contribution in [0.2, 0.25) is 0 Å². The van der Waals surface area contributed by atoms with Crippen molar-refractivity contribution in [2.24, 2.45) is 5.41 Å². The Labute approximate surface area is 121 Å². The molecule has 1 spiro atoms. The normalized spacial score (nSPS) is 23.6. The van der Waals surface area contributed by atoms with Crippen LogP contribution in [-0.2, 0) is 6.54 Å². The first kappa shape index (κ1) is 14.0. The standard InChI is InChI=1S/C15H26N4O/c1-12-14(18-20-17-12)11-19(2)13-3-5-15(6-4-13)7-9-16-10-8-15/h13,16H,3-11H2,1-2H3. The zero-order valence-electron chi connectivity index (χ0n) is 12.7. The van der Waals surface area contributed by atoms with E-state index in [1.807, 2.05) is 6.92 Å². The largest absolute Gasteiger partial charge is 0.317 e. The summed E-state index contributed by atoms with van der Waals surface area (Å²) in [5.74, 6) is 0. The molecule has 0 bridgehead atoms. The molecule has 0 amide bonds. The van der Waals surface area contributed by atoms with Crippen LogP contribution in [0.5, 0.6) is 0 Å². The van der Waals surface area contributed by atoms with Gasteiger partial charge in [-0.05, 0) is 71.0 Å². The molecule has 0 unspecified atom stereocenters. The van der Waals surface area contributed by atoms with Crippen molar-refractivity contribution >= 4 is 0 Å². The van der Waals surface area contributed by atoms with E-state index >= 15 is 0 Å². The van der Waals surface area contributed by atoms with E-state index in [-0.39, 0.29) is 0 Å². The lowest BCUT2D eigenvalue weighted by atomic mass is 9.67. The summed E-state index contributed by atoms with van der Waals surface area (Å²) in [5.41, 5.74) is 2.55. The predicted octanol–water partition coefficient (Wildman–Crippen LogP) is 2.12. The van der Waals surface area contributed by atoms with Gasteiger partial charge >= 0.3 is 0 Å². The average Bonchev–Trinajstić information content (AvgIpc) is 2.86. The molecule has 5 heteroatoms. The Morgan fingerprint density at radius 3 is 2.50 bits per heavy atom. The lowest BCUT2D eigenvalue weighted by Crippen LogP contribution is -2.43. The molecule has 1 N–H and O–H groups in total. The Balaban J connectivity index is 1.53. The fourth-order valence-corrected chi connectivity index (χ4v) is 3.87. The summed E-state index contributed by atoms with van der Waals surface area (Å²) in [6, 6.07) is 0.687. The van der Waals surface area contributed by atoms with E-state index in [9.17, 15) is 0 Å². The number of aromatic nitrogens is 2. The maximum Gasteiger partial charge on any atom is 0.122 e. The molecule has 2 heterocycles. The first-order valence-corrected chi connectivity index (χ1v) is 7.88. The van der Waals surface area contributed by atoms with Gasteiger partial charge in [-0.2, -0.15) is 0 Å². The van der Waals surface area contributed by atoms with Crippen molar-refractivity contribution in [3.8, 4) is 0 Å². The van der Waals surface area contributed by atoms with Gasteiger partial charge in [0.15, 0.2) is 0 Å². The summed E-state index contributed by atoms with van der Waals surface area (Å²) in [4.78, 5) is 2.43. The molecule has 1 aliphatic carbocycles. The fraction of sp³-hybridized carbons (Fsp3) is 0.867. The lowest BCUT2D eigenvalue weighted by molar-refractivity contribution is 0.0729. The third-order valence-electron chi connectivity index (χ3n) is 5.45. The van der Waals surface area contributed by atoms with Gasteiger partial charge in [0.05, 0.1) is 0 Å². The summed E-state index contributed by atoms with van der Waals surface area (Å²) in [6.45, 7) is 5.24. The molecule has 0 atom stereocenters. The summed E-state index contributed by atoms with van der Waals surface area (Å²) in [6.07, 6.45) is 8.16. The second-order valence-corrected chi connectivity index (χ2v) is 6.69. The first-order chi connectivity index (χ1) is 9.69. The molecule has 0 aromatic carbocycles. The lowest BCUT2D eigenvalue weighted by Gasteiger charge is -2.45. The van der Waals surface area contributed by atoms with E-state index in [0.717, 1.165) is 17.9 Å². The Morgan fingerprint density at radius 2 is 1.90 bits per heavy atom. The third-order valence-corrected chi connectivity index (χ3v) is 5.45. The van der Waals surface area contributed by atoms with Gasteiger partial charge in [-0.15, -0.1) is 0 Å². The van der Waals surface area contributed by atoms with Crippen LogP contribution in [0.3, 0.4) is 0 Å². The van der Waals surface area contributed by atoms with Crippen LogP contribution in [0.15, 0.2) is 4.63 Å². The van der Waals surface area contributed by atoms with Gasteiger partial charge in [0.2, 0.25) is 0 Å². The number of nitrogens with zero attached hydrogens (tertiary/aromatic N) is 3. The van der Waals surface area contributed by atoms with Crippen molar-refractivity contribution < 1.29 is 4.63 Å². The quantitative estimate of drug-likeness (QED) is 0.918. The van der Waals surface area contributed by atoms with E-state index < -0.39 is 0 Å². The minimum Gasteiger partial charge on any atom is -0.317 e. The van der Waals surface area contributed by atoms with Gasteiger partial charge in [0.25, 0.3) is 0 Å². The number of nitrogens with one attached hydrogen (secondary N) is 1. The monoisotopic (exact) mass is 278 g/mol. The SMILES string of the molecule is Cc1nonc1CN(C)C1CCC2(CCNCC2)CC1. The number of hydrogen-bond acceptors (Lipinski definition) is 5. The van der Waals surface area contributed by atoms with Crippen molar-refractivity contribution in [2.45, 2.75) is 58.0 Å². The van der Waals surface area contributed by atoms with Crippen molar-refractivity contribution in [3.05, 3.63) is 11.4 Å². The van der Waals surface area contributed by atoms with Crippen molar-refractivity contribution in [3.63, 3.8) is 0 Å². The molecule has 5 nitrogen and oxygen atoms in total. The molecule has 1 saturated carbocycles. The van der Waals surface area contributed by atoms with Gasteiger partial charge in [0.1, 0.15) is 11.4 Å². The maximum atomic E-state index is 4.79. The Hall–Kier alpha value is -0.940. The second-order valence-electron chi connectivity index (χ2n) is 6.69. The minimum atomic E-state index is 0.647. The van der Waals surface area contributed by atoms with Crippen LogP contribution in [-0.4, -0.2) is 41.4 Å². The molecule has 2 aliphatic rings. The van der Waals surface area contributed by atoms with Gasteiger partial charge in [-0.3, -0.25) is 4.90 Å². The third kappa shape index (κ3) is 2.88. The highest BCUT2D eigenvalue weighted by Crippen LogP contribution is 2.44. The van der Waals surface area contributed by atoms with Gasteiger partial charge in [0, 0.05) is 12.6 Å². The molecule has 1 aromatic rings. The zero-order valence-corrected chi connectivity index (χ0v) is 12.7. The molecule has 3 rings (SSSR count). The smallest absolute Gasteiger partial charge is 0.122 e. The molecule has 1 aromatic heterocycles. The number of rotatable bonds is 3. The summed E-state index contributed by atoms with van der Waals surface area (Å²) < 4.78 is 4.79. The van der Waals surface area contributed by atoms with E-state index in [4.69, 9.17) is 4.63 Å². The van der Waals surface area contributed by atoms with Crippen molar-refractivity contribution in [2.75, 3.05) is 20.1 Å². The van der Waals surface area contributed by atoms with E-state index in [2.05, 4.69) is 27.6 Å². The minimum absolute atomic E-state index is 0.647. The van der Waals surface area contributed by atoms with E-state index in [0.29, 0.717) is 11.5 Å². The van der Waals surface area contributed by atoms with E-state index in [1.54, 1.807) is 0 Å². The van der Waals surface area contributed by atoms with E-state index in [1.165, 1.54) is 51.6 Å². The molecule has 1 saturated heterocycles. The van der Waals surface area contributed by atoms with Gasteiger partial charge < -0.3 is 5.32 Å². The number of piperidine rings is 1. The van der Waals surface area contributed by atoms with Crippen LogP contribution in [0, 0.1) is 12.3 Å². The van der Waals surface area contributed by atoms with Crippen LogP contribution >= 0.6 is 0 Å². The molecule has 0 radical (unpaired) electrons. The molecular formula is C15H26N4O. The molecular weight excluding hydrogens is 252 g/mol. The number of hydrogen-bond donors (Lipinski definition) is 1. The number of aryl methyl sites for hydroxylation is 1. The Morgan fingerprint density at radius 1 is 1.20 bits per heavy atom. The molecule has 2 fully saturated rings. The average molecular weight is 278 g/mol. The topological polar surface area (TPSA) is 54.2 Å². The van der Waals surface area contributed by atoms with Crippen LogP contribution in [0.25, 0.3) is 0 Å². The summed E-state index contributed by atoms with van der Waals surface area (Å²) in [5, 5.41) is 11.4. The summed E-state index contributed by atoms with van der Waals surface area (Å²) in [7, 11) is 2.21. The fourth-order valence-electron chi connectivity index (χ4n) is 3.87. The zero-order chi connectivity index (χ0) is 14.0. The molecule has 1 aliphatic heterocycles. The second kappa shape index (κ2) is 5.82. The maximum absolute atomic E-state index is 4.79. The van der Waals surface area contributed by atoms with Gasteiger partial charge in [-0.1, -0.05) is 10.3 Å². The Bertz CT molecular complexity index is 429. The van der Waals surface area contributed by atoms with Crippen LogP contribution in [0.4, 0.5) is 0 Å². The van der Waals surface area contributed by atoms with Crippen LogP contribution in [0.1, 0.15) is 49.9 Å². The predicted molar refractivity (Wildman–Crippen MR) is 77.3 cm³/mol. The summed E-state index contributed by atoms with van der Waals surface area (Å²) >= 11 is 0. The highest BCUT2D eigenvalue weighted by atomic mass is 16.6. The van der Waals surface area contributed by atoms with Crippen molar-refractivity contribution in [1.82, 2.24) is 20.5 Å². The van der Waals surface area contributed by atoms with Gasteiger partial charge in [-0.25, -0.2) is 4.63 Å². The van der Waals surface area contributed by atoms with Crippen molar-refractivity contribution in [1.29, 1.82) is 0 Å². The first-order valence-electron chi connectivity index (χ1n) is 7.88. The molecule has 112 valence electrons. The highest BCUT2D eigenvalue weighted by molar-refractivity contribution is 5.04. The Kier molecular flexibility index (Phi) is 4.08. The highest BCUT2D eigenvalue weighted by Gasteiger charge is 2.37. The molecule has 20 heavy (non-hydrogen) atoms. The van der Waals surface area contributed by atoms with Crippen LogP contribution < -0.4 is 5.32 Å².